The summed E-state index contributed by atoms with van der Waals surface area (Å²) in [5, 5.41) is 0. The molecule has 3 heteroatoms. The molecule has 0 radical (unpaired) electrons. The second kappa shape index (κ2) is 18.2. The van der Waals surface area contributed by atoms with Crippen LogP contribution < -0.4 is 0 Å². The van der Waals surface area contributed by atoms with Crippen LogP contribution >= 0.6 is 0 Å². The number of rotatable bonds is 19. The molecule has 0 saturated carbocycles. The van der Waals surface area contributed by atoms with E-state index < -0.39 is 0 Å². The molecule has 1 unspecified atom stereocenters. The summed E-state index contributed by atoms with van der Waals surface area (Å²) < 4.78 is 6.46. The lowest BCUT2D eigenvalue weighted by molar-refractivity contribution is -0.873. The Morgan fingerprint density at radius 1 is 0.786 bits per heavy atom. The van der Waals surface area contributed by atoms with Crippen molar-refractivity contribution in [3.63, 3.8) is 0 Å². The summed E-state index contributed by atoms with van der Waals surface area (Å²) in [5.41, 5.74) is 0. The number of esters is 1. The third kappa shape index (κ3) is 19.9. The molecule has 0 aliphatic heterocycles. The number of carbonyl (C=O) groups excluding carboxylic acids is 1. The van der Waals surface area contributed by atoms with Crippen molar-refractivity contribution in [1.29, 1.82) is 0 Å². The van der Waals surface area contributed by atoms with Gasteiger partial charge in [0.15, 0.2) is 6.10 Å². The first-order chi connectivity index (χ1) is 13.4. The summed E-state index contributed by atoms with van der Waals surface area (Å²) in [6, 6.07) is 0. The van der Waals surface area contributed by atoms with E-state index in [2.05, 4.69) is 47.1 Å². The van der Waals surface area contributed by atoms with E-state index in [4.69, 9.17) is 4.74 Å². The molecule has 0 fully saturated rings. The van der Waals surface area contributed by atoms with Gasteiger partial charge in [-0.15, -0.1) is 0 Å². The molecule has 0 N–H and O–H groups in total. The Labute approximate surface area is 176 Å². The lowest BCUT2D eigenvalue weighted by Crippen LogP contribution is -2.42. The molecule has 3 nitrogen and oxygen atoms in total. The van der Waals surface area contributed by atoms with Gasteiger partial charge in [-0.25, -0.2) is 0 Å². The van der Waals surface area contributed by atoms with Crippen LogP contribution in [0.3, 0.4) is 0 Å². The van der Waals surface area contributed by atoms with E-state index in [-0.39, 0.29) is 12.1 Å². The van der Waals surface area contributed by atoms with Crippen LogP contribution in [0.15, 0.2) is 12.2 Å². The van der Waals surface area contributed by atoms with E-state index in [9.17, 15) is 4.79 Å². The van der Waals surface area contributed by atoms with Gasteiger partial charge in [0.1, 0.15) is 6.54 Å². The molecular weight excluding hydrogens is 346 g/mol. The number of hydrogen-bond donors (Lipinski definition) is 0. The maximum atomic E-state index is 12.0. The molecule has 0 aromatic carbocycles. The number of carbonyl (C=O) groups is 1. The van der Waals surface area contributed by atoms with Gasteiger partial charge in [0.2, 0.25) is 0 Å². The van der Waals surface area contributed by atoms with Gasteiger partial charge in [0, 0.05) is 6.42 Å². The van der Waals surface area contributed by atoms with Crippen LogP contribution in [-0.2, 0) is 9.53 Å². The van der Waals surface area contributed by atoms with Gasteiger partial charge < -0.3 is 9.22 Å². The predicted molar refractivity (Wildman–Crippen MR) is 123 cm³/mol. The molecule has 0 amide bonds. The summed E-state index contributed by atoms with van der Waals surface area (Å²) in [4.78, 5) is 12.0. The molecule has 0 bridgehead atoms. The molecule has 0 aromatic rings. The number of quaternary nitrogens is 1. The lowest BCUT2D eigenvalue weighted by atomic mass is 10.1. The molecule has 166 valence electrons. The van der Waals surface area contributed by atoms with Crippen LogP contribution in [0.4, 0.5) is 0 Å². The minimum Gasteiger partial charge on any atom is -0.456 e. The van der Waals surface area contributed by atoms with Crippen molar-refractivity contribution in [2.45, 2.75) is 116 Å². The quantitative estimate of drug-likeness (QED) is 0.101. The van der Waals surface area contributed by atoms with Crippen molar-refractivity contribution >= 4 is 5.97 Å². The van der Waals surface area contributed by atoms with E-state index in [1.165, 1.54) is 70.6 Å². The number of nitrogens with zero attached hydrogens (tertiary/aromatic N) is 1. The molecule has 0 aromatic heterocycles. The average molecular weight is 397 g/mol. The topological polar surface area (TPSA) is 26.3 Å². The van der Waals surface area contributed by atoms with Gasteiger partial charge in [0.05, 0.1) is 21.1 Å². The first kappa shape index (κ1) is 27.2. The molecule has 0 rings (SSSR count). The van der Waals surface area contributed by atoms with Gasteiger partial charge in [-0.2, -0.15) is 0 Å². The molecule has 0 aliphatic carbocycles. The fourth-order valence-corrected chi connectivity index (χ4v) is 3.45. The molecule has 0 spiro atoms. The van der Waals surface area contributed by atoms with Crippen LogP contribution in [-0.4, -0.2) is 44.2 Å². The Hall–Kier alpha value is -0.830. The van der Waals surface area contributed by atoms with E-state index in [0.717, 1.165) is 30.3 Å². The van der Waals surface area contributed by atoms with Crippen LogP contribution in [0.5, 0.6) is 0 Å². The van der Waals surface area contributed by atoms with Crippen molar-refractivity contribution in [1.82, 2.24) is 0 Å². The molecule has 0 aliphatic rings. The van der Waals surface area contributed by atoms with Gasteiger partial charge >= 0.3 is 5.97 Å². The summed E-state index contributed by atoms with van der Waals surface area (Å²) in [5.74, 6) is -0.0158. The monoisotopic (exact) mass is 396 g/mol. The Morgan fingerprint density at radius 3 is 1.79 bits per heavy atom. The zero-order valence-corrected chi connectivity index (χ0v) is 19.8. The van der Waals surface area contributed by atoms with Crippen LogP contribution in [0, 0.1) is 0 Å². The molecule has 1 atom stereocenters. The second-order valence-corrected chi connectivity index (χ2v) is 9.33. The van der Waals surface area contributed by atoms with Crippen molar-refractivity contribution in [3.8, 4) is 0 Å². The first-order valence-electron chi connectivity index (χ1n) is 12.0. The summed E-state index contributed by atoms with van der Waals surface area (Å²) >= 11 is 0. The minimum atomic E-state index is -0.0158. The fourth-order valence-electron chi connectivity index (χ4n) is 3.45. The van der Waals surface area contributed by atoms with Crippen molar-refractivity contribution in [2.75, 3.05) is 27.7 Å². The van der Waals surface area contributed by atoms with Crippen molar-refractivity contribution in [2.24, 2.45) is 0 Å². The number of likely N-dealkylation sites (N-methyl/N-ethyl adjacent to an activating group) is 1. The number of allylic oxidation sites excluding steroid dienone is 2. The average Bonchev–Trinajstić information content (AvgIpc) is 2.63. The normalized spacial score (nSPS) is 13.2. The molecule has 0 saturated heterocycles. The predicted octanol–water partition coefficient (Wildman–Crippen LogP) is 7.05. The number of ether oxygens (including phenoxy) is 1. The Morgan fingerprint density at radius 2 is 1.29 bits per heavy atom. The third-order valence-corrected chi connectivity index (χ3v) is 5.15. The summed E-state index contributed by atoms with van der Waals surface area (Å²) in [6.07, 6.45) is 22.9. The fraction of sp³-hybridized carbons (Fsp3) is 0.880. The SMILES string of the molecule is CCCCCCCCC=CCCCCCCCC(=O)OC(CC)C[N+](C)(C)C. The highest BCUT2D eigenvalue weighted by atomic mass is 16.5. The van der Waals surface area contributed by atoms with Crippen LogP contribution in [0.25, 0.3) is 0 Å². The number of hydrogen-bond acceptors (Lipinski definition) is 2. The molecular formula is C25H50NO2+. The highest BCUT2D eigenvalue weighted by Crippen LogP contribution is 2.11. The van der Waals surface area contributed by atoms with Crippen LogP contribution in [0.1, 0.15) is 110 Å². The summed E-state index contributed by atoms with van der Waals surface area (Å²) in [7, 11) is 6.42. The zero-order valence-electron chi connectivity index (χ0n) is 19.8. The van der Waals surface area contributed by atoms with Gasteiger partial charge in [-0.1, -0.05) is 77.4 Å². The van der Waals surface area contributed by atoms with Gasteiger partial charge in [-0.3, -0.25) is 4.79 Å². The standard InChI is InChI=1S/C25H50NO2/c1-6-8-9-10-11-12-13-14-15-16-17-18-19-20-21-22-25(27)28-24(7-2)23-26(3,4)5/h14-15,24H,6-13,16-23H2,1-5H3/q+1. The largest absolute Gasteiger partial charge is 0.456 e. The number of unbranched alkanes of at least 4 members (excludes halogenated alkanes) is 11. The summed E-state index contributed by atoms with van der Waals surface area (Å²) in [6.45, 7) is 5.25. The second-order valence-electron chi connectivity index (χ2n) is 9.33. The highest BCUT2D eigenvalue weighted by molar-refractivity contribution is 5.69. The minimum absolute atomic E-state index is 0.0158. The van der Waals surface area contributed by atoms with Gasteiger partial charge in [0.25, 0.3) is 0 Å². The van der Waals surface area contributed by atoms with Crippen LogP contribution in [0.2, 0.25) is 0 Å². The van der Waals surface area contributed by atoms with Crippen molar-refractivity contribution < 1.29 is 14.0 Å². The van der Waals surface area contributed by atoms with E-state index in [0.29, 0.717) is 6.42 Å². The third-order valence-electron chi connectivity index (χ3n) is 5.15. The van der Waals surface area contributed by atoms with E-state index in [1.807, 2.05) is 0 Å². The highest BCUT2D eigenvalue weighted by Gasteiger charge is 2.19. The maximum absolute atomic E-state index is 12.0. The maximum Gasteiger partial charge on any atom is 0.306 e. The Balaban J connectivity index is 3.47. The van der Waals surface area contributed by atoms with Crippen molar-refractivity contribution in [3.05, 3.63) is 12.2 Å². The first-order valence-corrected chi connectivity index (χ1v) is 12.0. The Bertz CT molecular complexity index is 384. The lowest BCUT2D eigenvalue weighted by Gasteiger charge is -2.28. The smallest absolute Gasteiger partial charge is 0.306 e. The van der Waals surface area contributed by atoms with E-state index >= 15 is 0 Å². The Kier molecular flexibility index (Phi) is 17.7. The zero-order chi connectivity index (χ0) is 21.1. The van der Waals surface area contributed by atoms with Gasteiger partial charge in [-0.05, 0) is 38.5 Å². The molecule has 28 heavy (non-hydrogen) atoms. The van der Waals surface area contributed by atoms with E-state index in [1.54, 1.807) is 0 Å². The molecule has 0 heterocycles.